The molecular weight excluding hydrogens is 248 g/mol. The fourth-order valence-corrected chi connectivity index (χ4v) is 3.23. The van der Waals surface area contributed by atoms with E-state index in [2.05, 4.69) is 35.4 Å². The molecular formula is C16H30N4. The van der Waals surface area contributed by atoms with Crippen molar-refractivity contribution >= 4 is 0 Å². The second kappa shape index (κ2) is 7.79. The molecule has 114 valence electrons. The Kier molecular flexibility index (Phi) is 6.05. The Morgan fingerprint density at radius 3 is 3.05 bits per heavy atom. The number of aryl methyl sites for hydroxylation is 1. The van der Waals surface area contributed by atoms with E-state index in [1.807, 2.05) is 17.9 Å². The van der Waals surface area contributed by atoms with Gasteiger partial charge in [0.15, 0.2) is 0 Å². The van der Waals surface area contributed by atoms with Crippen LogP contribution in [0.1, 0.15) is 38.7 Å². The summed E-state index contributed by atoms with van der Waals surface area (Å²) in [7, 11) is 1.98. The van der Waals surface area contributed by atoms with E-state index in [9.17, 15) is 0 Å². The van der Waals surface area contributed by atoms with Gasteiger partial charge in [0.1, 0.15) is 0 Å². The molecule has 1 N–H and O–H groups in total. The molecule has 20 heavy (non-hydrogen) atoms. The van der Waals surface area contributed by atoms with Crippen molar-refractivity contribution in [2.75, 3.05) is 26.2 Å². The number of nitrogens with one attached hydrogen (secondary N) is 1. The fourth-order valence-electron chi connectivity index (χ4n) is 3.23. The first kappa shape index (κ1) is 15.5. The standard InChI is InChI=1S/C16H30N4/c1-4-9-20-10-5-6-16(13-20)14(2)17-8-7-15-11-18-19(3)12-15/h11-12,14,16-17H,4-10,13H2,1-3H3. The zero-order valence-corrected chi connectivity index (χ0v) is 13.3. The third kappa shape index (κ3) is 4.60. The lowest BCUT2D eigenvalue weighted by molar-refractivity contribution is 0.151. The largest absolute Gasteiger partial charge is 0.314 e. The highest BCUT2D eigenvalue weighted by Crippen LogP contribution is 2.19. The number of aromatic nitrogens is 2. The van der Waals surface area contributed by atoms with Crippen molar-refractivity contribution in [3.63, 3.8) is 0 Å². The van der Waals surface area contributed by atoms with Crippen molar-refractivity contribution in [1.82, 2.24) is 20.0 Å². The molecule has 0 saturated carbocycles. The molecule has 0 spiro atoms. The second-order valence-electron chi connectivity index (χ2n) is 6.22. The molecule has 0 bridgehead atoms. The zero-order chi connectivity index (χ0) is 14.4. The summed E-state index contributed by atoms with van der Waals surface area (Å²) >= 11 is 0. The third-order valence-electron chi connectivity index (χ3n) is 4.43. The van der Waals surface area contributed by atoms with Crippen LogP contribution in [0.25, 0.3) is 0 Å². The van der Waals surface area contributed by atoms with E-state index in [1.54, 1.807) is 0 Å². The predicted molar refractivity (Wildman–Crippen MR) is 83.8 cm³/mol. The normalized spacial score (nSPS) is 22.1. The quantitative estimate of drug-likeness (QED) is 0.829. The van der Waals surface area contributed by atoms with Gasteiger partial charge >= 0.3 is 0 Å². The smallest absolute Gasteiger partial charge is 0.0522 e. The van der Waals surface area contributed by atoms with Crippen LogP contribution in [-0.4, -0.2) is 46.9 Å². The second-order valence-corrected chi connectivity index (χ2v) is 6.22. The Morgan fingerprint density at radius 1 is 1.50 bits per heavy atom. The van der Waals surface area contributed by atoms with Crippen LogP contribution < -0.4 is 5.32 Å². The summed E-state index contributed by atoms with van der Waals surface area (Å²) in [4.78, 5) is 2.63. The lowest BCUT2D eigenvalue weighted by Crippen LogP contribution is -2.45. The van der Waals surface area contributed by atoms with E-state index in [1.165, 1.54) is 44.5 Å². The van der Waals surface area contributed by atoms with Crippen molar-refractivity contribution in [2.24, 2.45) is 13.0 Å². The fraction of sp³-hybridized carbons (Fsp3) is 0.812. The van der Waals surface area contributed by atoms with Gasteiger partial charge in [-0.15, -0.1) is 0 Å². The molecule has 2 rings (SSSR count). The van der Waals surface area contributed by atoms with Crippen molar-refractivity contribution in [3.05, 3.63) is 18.0 Å². The van der Waals surface area contributed by atoms with Crippen LogP contribution >= 0.6 is 0 Å². The topological polar surface area (TPSA) is 33.1 Å². The lowest BCUT2D eigenvalue weighted by Gasteiger charge is -2.36. The summed E-state index contributed by atoms with van der Waals surface area (Å²) in [5.74, 6) is 0.809. The van der Waals surface area contributed by atoms with Gasteiger partial charge in [-0.3, -0.25) is 4.68 Å². The van der Waals surface area contributed by atoms with Crippen molar-refractivity contribution in [2.45, 2.75) is 45.6 Å². The summed E-state index contributed by atoms with van der Waals surface area (Å²) in [5, 5.41) is 7.93. The number of nitrogens with zero attached hydrogens (tertiary/aromatic N) is 3. The Hall–Kier alpha value is -0.870. The summed E-state index contributed by atoms with van der Waals surface area (Å²) in [6.07, 6.45) is 9.16. The Balaban J connectivity index is 1.69. The molecule has 4 nitrogen and oxygen atoms in total. The first-order valence-electron chi connectivity index (χ1n) is 8.12. The molecule has 2 unspecified atom stereocenters. The van der Waals surface area contributed by atoms with E-state index in [4.69, 9.17) is 0 Å². The van der Waals surface area contributed by atoms with E-state index >= 15 is 0 Å². The zero-order valence-electron chi connectivity index (χ0n) is 13.3. The van der Waals surface area contributed by atoms with Gasteiger partial charge in [0, 0.05) is 25.8 Å². The minimum atomic E-state index is 0.617. The van der Waals surface area contributed by atoms with Gasteiger partial charge in [-0.2, -0.15) is 5.10 Å². The number of rotatable bonds is 7. The minimum absolute atomic E-state index is 0.617. The number of piperidine rings is 1. The number of hydrogen-bond acceptors (Lipinski definition) is 3. The van der Waals surface area contributed by atoms with Crippen LogP contribution in [-0.2, 0) is 13.5 Å². The Morgan fingerprint density at radius 2 is 2.35 bits per heavy atom. The Labute approximate surface area is 123 Å². The summed E-state index contributed by atoms with van der Waals surface area (Å²) in [6, 6.07) is 0.617. The van der Waals surface area contributed by atoms with E-state index in [0.717, 1.165) is 18.9 Å². The SMILES string of the molecule is CCCN1CCCC(C(C)NCCc2cnn(C)c2)C1. The van der Waals surface area contributed by atoms with Gasteiger partial charge in [-0.1, -0.05) is 6.92 Å². The molecule has 2 atom stereocenters. The summed E-state index contributed by atoms with van der Waals surface area (Å²) in [6.45, 7) is 9.51. The highest BCUT2D eigenvalue weighted by atomic mass is 15.2. The molecule has 4 heteroatoms. The maximum atomic E-state index is 4.22. The highest BCUT2D eigenvalue weighted by Gasteiger charge is 2.23. The minimum Gasteiger partial charge on any atom is -0.314 e. The number of hydrogen-bond donors (Lipinski definition) is 1. The van der Waals surface area contributed by atoms with Gasteiger partial charge in [-0.05, 0) is 63.7 Å². The van der Waals surface area contributed by atoms with Crippen LogP contribution in [0.3, 0.4) is 0 Å². The van der Waals surface area contributed by atoms with Gasteiger partial charge in [0.2, 0.25) is 0 Å². The molecule has 1 aliphatic rings. The molecule has 2 heterocycles. The molecule has 1 fully saturated rings. The van der Waals surface area contributed by atoms with Crippen LogP contribution in [0.15, 0.2) is 12.4 Å². The molecule has 0 radical (unpaired) electrons. The average molecular weight is 278 g/mol. The van der Waals surface area contributed by atoms with Crippen LogP contribution in [0.2, 0.25) is 0 Å². The van der Waals surface area contributed by atoms with Crippen molar-refractivity contribution in [3.8, 4) is 0 Å². The maximum absolute atomic E-state index is 4.22. The third-order valence-corrected chi connectivity index (χ3v) is 4.43. The lowest BCUT2D eigenvalue weighted by atomic mass is 9.91. The molecule has 0 amide bonds. The van der Waals surface area contributed by atoms with Crippen molar-refractivity contribution in [1.29, 1.82) is 0 Å². The molecule has 1 aromatic heterocycles. The first-order valence-corrected chi connectivity index (χ1v) is 8.12. The van der Waals surface area contributed by atoms with E-state index in [-0.39, 0.29) is 0 Å². The van der Waals surface area contributed by atoms with Gasteiger partial charge in [0.05, 0.1) is 6.20 Å². The first-order chi connectivity index (χ1) is 9.69. The molecule has 1 aromatic rings. The predicted octanol–water partition coefficient (Wildman–Crippen LogP) is 2.06. The summed E-state index contributed by atoms with van der Waals surface area (Å²) < 4.78 is 1.88. The van der Waals surface area contributed by atoms with Crippen LogP contribution in [0.5, 0.6) is 0 Å². The molecule has 1 saturated heterocycles. The molecule has 0 aliphatic carbocycles. The van der Waals surface area contributed by atoms with Gasteiger partial charge in [0.25, 0.3) is 0 Å². The monoisotopic (exact) mass is 278 g/mol. The number of likely N-dealkylation sites (tertiary alicyclic amines) is 1. The van der Waals surface area contributed by atoms with Crippen LogP contribution in [0.4, 0.5) is 0 Å². The van der Waals surface area contributed by atoms with Gasteiger partial charge in [-0.25, -0.2) is 0 Å². The average Bonchev–Trinajstić information content (AvgIpc) is 2.85. The molecule has 1 aliphatic heterocycles. The summed E-state index contributed by atoms with van der Waals surface area (Å²) in [5.41, 5.74) is 1.32. The maximum Gasteiger partial charge on any atom is 0.0522 e. The van der Waals surface area contributed by atoms with Gasteiger partial charge < -0.3 is 10.2 Å². The Bertz CT molecular complexity index is 386. The highest BCUT2D eigenvalue weighted by molar-refractivity contribution is 5.03. The molecule has 0 aromatic carbocycles. The van der Waals surface area contributed by atoms with Crippen molar-refractivity contribution < 1.29 is 0 Å². The van der Waals surface area contributed by atoms with Crippen LogP contribution in [0, 0.1) is 5.92 Å². The van der Waals surface area contributed by atoms with E-state index in [0.29, 0.717) is 6.04 Å². The van der Waals surface area contributed by atoms with E-state index < -0.39 is 0 Å².